The smallest absolute Gasteiger partial charge is 0.133 e. The van der Waals surface area contributed by atoms with Gasteiger partial charge in [-0.2, -0.15) is 0 Å². The summed E-state index contributed by atoms with van der Waals surface area (Å²) >= 11 is 0. The molecule has 0 radical (unpaired) electrons. The zero-order valence-corrected chi connectivity index (χ0v) is 15.5. The number of rotatable bonds is 3. The van der Waals surface area contributed by atoms with Crippen molar-refractivity contribution in [1.29, 1.82) is 0 Å². The van der Waals surface area contributed by atoms with E-state index in [1.54, 1.807) is 14.2 Å². The summed E-state index contributed by atoms with van der Waals surface area (Å²) in [6.07, 6.45) is 0. The number of ether oxygens (including phenoxy) is 3. The fourth-order valence-corrected chi connectivity index (χ4v) is 5.03. The molecule has 0 unspecified atom stereocenters. The van der Waals surface area contributed by atoms with Crippen LogP contribution >= 0.6 is 7.92 Å². The minimum Gasteiger partial charge on any atom is -0.496 e. The quantitative estimate of drug-likeness (QED) is 0.778. The normalized spacial score (nSPS) is 19.2. The summed E-state index contributed by atoms with van der Waals surface area (Å²) < 4.78 is 17.5. The zero-order valence-electron chi connectivity index (χ0n) is 14.6. The maximum atomic E-state index is 6.04. The van der Waals surface area contributed by atoms with E-state index < -0.39 is 0 Å². The molecule has 0 spiro atoms. The van der Waals surface area contributed by atoms with Crippen LogP contribution in [-0.2, 0) is 0 Å². The van der Waals surface area contributed by atoms with E-state index in [-0.39, 0.29) is 13.8 Å². The summed E-state index contributed by atoms with van der Waals surface area (Å²) in [5.41, 5.74) is 4.44. The van der Waals surface area contributed by atoms with E-state index in [0.29, 0.717) is 0 Å². The predicted octanol–water partition coefficient (Wildman–Crippen LogP) is 4.46. The van der Waals surface area contributed by atoms with Gasteiger partial charge < -0.3 is 14.2 Å². The van der Waals surface area contributed by atoms with Crippen molar-refractivity contribution >= 4 is 13.2 Å². The summed E-state index contributed by atoms with van der Waals surface area (Å²) in [5.74, 6) is 2.99. The average molecular weight is 330 g/mol. The van der Waals surface area contributed by atoms with Crippen LogP contribution in [0.1, 0.15) is 18.1 Å². The largest absolute Gasteiger partial charge is 0.496 e. The highest BCUT2D eigenvalue weighted by atomic mass is 31.1. The molecule has 0 N–H and O–H groups in total. The van der Waals surface area contributed by atoms with Crippen LogP contribution in [0.25, 0.3) is 11.1 Å². The van der Waals surface area contributed by atoms with Gasteiger partial charge in [-0.25, -0.2) is 0 Å². The van der Waals surface area contributed by atoms with Gasteiger partial charge in [0.05, 0.1) is 19.8 Å². The Balaban J connectivity index is 2.35. The summed E-state index contributed by atoms with van der Waals surface area (Å²) in [6.45, 7) is 8.57. The Morgan fingerprint density at radius 2 is 1.65 bits per heavy atom. The van der Waals surface area contributed by atoms with Crippen molar-refractivity contribution in [1.82, 2.24) is 0 Å². The Morgan fingerprint density at radius 3 is 2.22 bits per heavy atom. The van der Waals surface area contributed by atoms with Crippen LogP contribution < -0.4 is 19.5 Å². The first-order chi connectivity index (χ1) is 11.0. The third-order valence-electron chi connectivity index (χ3n) is 4.48. The van der Waals surface area contributed by atoms with Gasteiger partial charge in [0.2, 0.25) is 0 Å². The van der Waals surface area contributed by atoms with Crippen molar-refractivity contribution in [3.63, 3.8) is 0 Å². The molecule has 0 amide bonds. The fraction of sp³-hybridized carbons (Fsp3) is 0.368. The first-order valence-electron chi connectivity index (χ1n) is 7.74. The summed E-state index contributed by atoms with van der Waals surface area (Å²) in [5, 5.41) is 1.30. The number of benzene rings is 2. The summed E-state index contributed by atoms with van der Waals surface area (Å²) in [7, 11) is 3.07. The van der Waals surface area contributed by atoms with E-state index in [4.69, 9.17) is 14.2 Å². The van der Waals surface area contributed by atoms with Crippen molar-refractivity contribution in [2.75, 3.05) is 20.9 Å². The second kappa shape index (κ2) is 6.05. The van der Waals surface area contributed by atoms with E-state index in [1.807, 2.05) is 6.07 Å². The van der Waals surface area contributed by atoms with Crippen LogP contribution in [0.3, 0.4) is 0 Å². The van der Waals surface area contributed by atoms with E-state index in [9.17, 15) is 0 Å². The molecule has 0 aromatic heterocycles. The van der Waals surface area contributed by atoms with Crippen molar-refractivity contribution < 1.29 is 14.2 Å². The van der Waals surface area contributed by atoms with E-state index in [1.165, 1.54) is 10.9 Å². The molecular weight excluding hydrogens is 307 g/mol. The third-order valence-corrected chi connectivity index (χ3v) is 6.84. The Hall–Kier alpha value is -1.73. The van der Waals surface area contributed by atoms with Gasteiger partial charge in [0, 0.05) is 10.9 Å². The molecule has 3 nitrogen and oxygen atoms in total. The lowest BCUT2D eigenvalue weighted by atomic mass is 9.97. The minimum absolute atomic E-state index is 0.240. The van der Waals surface area contributed by atoms with Crippen molar-refractivity contribution in [2.45, 2.75) is 26.6 Å². The van der Waals surface area contributed by atoms with Gasteiger partial charge in [-0.3, -0.25) is 0 Å². The molecule has 1 heterocycles. The lowest BCUT2D eigenvalue weighted by molar-refractivity contribution is 0.315. The lowest BCUT2D eigenvalue weighted by Crippen LogP contribution is -2.07. The lowest BCUT2D eigenvalue weighted by Gasteiger charge is -2.20. The molecule has 23 heavy (non-hydrogen) atoms. The Kier molecular flexibility index (Phi) is 4.25. The molecule has 1 aliphatic rings. The van der Waals surface area contributed by atoms with Gasteiger partial charge in [0.1, 0.15) is 23.1 Å². The molecule has 1 aliphatic heterocycles. The maximum absolute atomic E-state index is 6.04. The highest BCUT2D eigenvalue weighted by Crippen LogP contribution is 2.52. The summed E-state index contributed by atoms with van der Waals surface area (Å²) in [4.78, 5) is 0. The van der Waals surface area contributed by atoms with Crippen LogP contribution in [-0.4, -0.2) is 26.7 Å². The molecular formula is C19H23O3P. The number of methoxy groups -OCH3 is 2. The number of hydrogen-bond donors (Lipinski definition) is 0. The van der Waals surface area contributed by atoms with Crippen LogP contribution in [0, 0.1) is 13.8 Å². The van der Waals surface area contributed by atoms with Crippen LogP contribution in [0.15, 0.2) is 24.3 Å². The first-order valence-corrected chi connectivity index (χ1v) is 9.60. The van der Waals surface area contributed by atoms with Crippen molar-refractivity contribution in [3.8, 4) is 28.4 Å². The molecule has 2 aromatic rings. The molecule has 2 aromatic carbocycles. The second-order valence-corrected chi connectivity index (χ2v) is 8.33. The SMILES string of the molecule is COc1c(C)cc(C)c(OC)c1-c1cccc2c1[P@](C)[C@@H](C)O2. The molecule has 0 fully saturated rings. The standard InChI is InChI=1S/C19H23O3P/c1-11-10-12(2)18(21-5)16(17(11)20-4)14-8-7-9-15-19(14)23(6)13(3)22-15/h7-10,13H,1-6H3/t13-,23+/m0/s1. The average Bonchev–Trinajstić information content (AvgIpc) is 2.81. The minimum atomic E-state index is -0.374. The zero-order chi connectivity index (χ0) is 16.7. The molecule has 0 saturated carbocycles. The Bertz CT molecular complexity index is 727. The van der Waals surface area contributed by atoms with Gasteiger partial charge in [-0.1, -0.05) is 12.1 Å². The number of fused-ring (bicyclic) bond motifs is 1. The fourth-order valence-electron chi connectivity index (χ4n) is 3.35. The van der Waals surface area contributed by atoms with Crippen molar-refractivity contribution in [3.05, 3.63) is 35.4 Å². The van der Waals surface area contributed by atoms with Gasteiger partial charge in [-0.15, -0.1) is 0 Å². The summed E-state index contributed by atoms with van der Waals surface area (Å²) in [6, 6.07) is 8.37. The second-order valence-electron chi connectivity index (χ2n) is 5.93. The number of hydrogen-bond acceptors (Lipinski definition) is 3. The molecule has 3 rings (SSSR count). The van der Waals surface area contributed by atoms with Crippen LogP contribution in [0.5, 0.6) is 17.2 Å². The first kappa shape index (κ1) is 16.1. The van der Waals surface area contributed by atoms with Gasteiger partial charge in [0.25, 0.3) is 0 Å². The van der Waals surface area contributed by atoms with Gasteiger partial charge in [-0.05, 0) is 58.6 Å². The monoisotopic (exact) mass is 330 g/mol. The molecule has 2 atom stereocenters. The molecule has 0 aliphatic carbocycles. The maximum Gasteiger partial charge on any atom is 0.133 e. The molecule has 0 bridgehead atoms. The molecule has 0 saturated heterocycles. The molecule has 122 valence electrons. The molecule has 4 heteroatoms. The Morgan fingerprint density at radius 1 is 1.04 bits per heavy atom. The van der Waals surface area contributed by atoms with Gasteiger partial charge >= 0.3 is 0 Å². The van der Waals surface area contributed by atoms with E-state index >= 15 is 0 Å². The van der Waals surface area contributed by atoms with E-state index in [2.05, 4.69) is 45.6 Å². The highest BCUT2D eigenvalue weighted by Gasteiger charge is 2.32. The third kappa shape index (κ3) is 2.48. The number of aryl methyl sites for hydroxylation is 2. The van der Waals surface area contributed by atoms with E-state index in [0.717, 1.165) is 33.9 Å². The Labute approximate surface area is 139 Å². The van der Waals surface area contributed by atoms with Gasteiger partial charge in [0.15, 0.2) is 0 Å². The van der Waals surface area contributed by atoms with Crippen LogP contribution in [0.2, 0.25) is 0 Å². The highest BCUT2D eigenvalue weighted by molar-refractivity contribution is 7.66. The van der Waals surface area contributed by atoms with Crippen LogP contribution in [0.4, 0.5) is 0 Å². The predicted molar refractivity (Wildman–Crippen MR) is 97.0 cm³/mol. The van der Waals surface area contributed by atoms with Crippen molar-refractivity contribution in [2.24, 2.45) is 0 Å². The topological polar surface area (TPSA) is 27.7 Å².